The molecular weight excluding hydrogens is 300 g/mol. The van der Waals surface area contributed by atoms with E-state index in [9.17, 15) is 4.79 Å². The third-order valence-corrected chi connectivity index (χ3v) is 4.97. The summed E-state index contributed by atoms with van der Waals surface area (Å²) in [6.45, 7) is 7.91. The van der Waals surface area contributed by atoms with Crippen LogP contribution < -0.4 is 5.48 Å². The van der Waals surface area contributed by atoms with Crippen molar-refractivity contribution in [1.29, 1.82) is 0 Å². The van der Waals surface area contributed by atoms with Gasteiger partial charge in [-0.25, -0.2) is 10.2 Å². The normalized spacial score (nSPS) is 14.2. The van der Waals surface area contributed by atoms with Gasteiger partial charge in [-0.3, -0.25) is 4.79 Å². The van der Waals surface area contributed by atoms with Crippen LogP contribution in [0.4, 0.5) is 0 Å². The molecule has 0 spiro atoms. The number of amides is 1. The van der Waals surface area contributed by atoms with Gasteiger partial charge in [-0.1, -0.05) is 0 Å². The van der Waals surface area contributed by atoms with Crippen molar-refractivity contribution in [1.82, 2.24) is 20.2 Å². The molecule has 1 aliphatic heterocycles. The minimum Gasteiger partial charge on any atom is -0.332 e. The molecule has 1 amide bonds. The van der Waals surface area contributed by atoms with Gasteiger partial charge in [0.15, 0.2) is 6.54 Å². The van der Waals surface area contributed by atoms with Crippen LogP contribution in [0.25, 0.3) is 0 Å². The summed E-state index contributed by atoms with van der Waals surface area (Å²) in [7, 11) is 0. The fourth-order valence-corrected chi connectivity index (χ4v) is 3.94. The van der Waals surface area contributed by atoms with E-state index in [1.54, 1.807) is 16.0 Å². The number of hydrogen-bond donors (Lipinski definition) is 2. The Morgan fingerprint density at radius 1 is 1.55 bits per heavy atom. The monoisotopic (exact) mass is 319 g/mol. The van der Waals surface area contributed by atoms with E-state index in [0.717, 1.165) is 17.0 Å². The minimum atomic E-state index is 0.00475. The number of nitrogens with one attached hydrogen (secondary N) is 1. The Hall–Kier alpha value is -1.83. The number of nitrogens with zero attached hydrogens (tertiary/aromatic N) is 3. The van der Waals surface area contributed by atoms with E-state index in [1.807, 2.05) is 17.9 Å². The second-order valence-electron chi connectivity index (χ2n) is 5.37. The molecule has 1 aliphatic rings. The SMILES string of the molecule is [CH2+]Cn1nc(C)cc1C(=O)N1CCc2cc(CNO)sc2C1. The van der Waals surface area contributed by atoms with Crippen LogP contribution in [0.1, 0.15) is 31.5 Å². The van der Waals surface area contributed by atoms with Gasteiger partial charge in [0.05, 0.1) is 25.7 Å². The quantitative estimate of drug-likeness (QED) is 0.665. The number of carbonyl (C=O) groups is 1. The molecule has 116 valence electrons. The fraction of sp³-hybridized carbons (Fsp3) is 0.400. The van der Waals surface area contributed by atoms with Gasteiger partial charge in [0.25, 0.3) is 5.91 Å². The Bertz CT molecular complexity index is 692. The predicted octanol–water partition coefficient (Wildman–Crippen LogP) is 1.76. The first-order valence-corrected chi connectivity index (χ1v) is 8.04. The van der Waals surface area contributed by atoms with E-state index < -0.39 is 0 Å². The number of carbonyl (C=O) groups excluding carboxylic acids is 1. The first-order chi connectivity index (χ1) is 10.6. The van der Waals surface area contributed by atoms with E-state index in [2.05, 4.69) is 23.6 Å². The Labute approximate surface area is 133 Å². The van der Waals surface area contributed by atoms with Crippen LogP contribution in [0.2, 0.25) is 0 Å². The Balaban J connectivity index is 1.80. The van der Waals surface area contributed by atoms with E-state index in [-0.39, 0.29) is 5.91 Å². The zero-order valence-corrected chi connectivity index (χ0v) is 13.3. The molecule has 0 fully saturated rings. The molecule has 0 aromatic carbocycles. The maximum absolute atomic E-state index is 12.7. The number of thiophene rings is 1. The molecule has 2 aromatic heterocycles. The zero-order valence-electron chi connectivity index (χ0n) is 12.5. The summed E-state index contributed by atoms with van der Waals surface area (Å²) in [5, 5.41) is 13.1. The maximum Gasteiger partial charge on any atom is 0.272 e. The van der Waals surface area contributed by atoms with Crippen LogP contribution in [-0.2, 0) is 26.1 Å². The maximum atomic E-state index is 12.7. The molecule has 0 atom stereocenters. The van der Waals surface area contributed by atoms with Crippen molar-refractivity contribution in [2.75, 3.05) is 6.54 Å². The van der Waals surface area contributed by atoms with Gasteiger partial charge < -0.3 is 10.1 Å². The van der Waals surface area contributed by atoms with Crippen molar-refractivity contribution in [3.8, 4) is 0 Å². The highest BCUT2D eigenvalue weighted by Crippen LogP contribution is 2.29. The van der Waals surface area contributed by atoms with Gasteiger partial charge >= 0.3 is 0 Å². The van der Waals surface area contributed by atoms with Crippen LogP contribution in [0.5, 0.6) is 0 Å². The molecule has 0 bridgehead atoms. The smallest absolute Gasteiger partial charge is 0.272 e. The second kappa shape index (κ2) is 6.12. The Kier molecular flexibility index (Phi) is 4.19. The van der Waals surface area contributed by atoms with Crippen LogP contribution in [-0.4, -0.2) is 32.3 Å². The molecule has 2 N–H and O–H groups in total. The van der Waals surface area contributed by atoms with Gasteiger partial charge in [-0.15, -0.1) is 11.3 Å². The summed E-state index contributed by atoms with van der Waals surface area (Å²) in [6, 6.07) is 3.92. The fourth-order valence-electron chi connectivity index (χ4n) is 2.77. The highest BCUT2D eigenvalue weighted by molar-refractivity contribution is 7.12. The molecule has 0 radical (unpaired) electrons. The molecule has 0 saturated carbocycles. The lowest BCUT2D eigenvalue weighted by Gasteiger charge is -2.26. The predicted molar refractivity (Wildman–Crippen MR) is 83.7 cm³/mol. The summed E-state index contributed by atoms with van der Waals surface area (Å²) in [4.78, 5) is 16.9. The van der Waals surface area contributed by atoms with Crippen LogP contribution in [0, 0.1) is 13.8 Å². The third-order valence-electron chi connectivity index (χ3n) is 3.81. The van der Waals surface area contributed by atoms with Crippen LogP contribution in [0.3, 0.4) is 0 Å². The van der Waals surface area contributed by atoms with Gasteiger partial charge in [0.1, 0.15) is 5.69 Å². The molecule has 0 unspecified atom stereocenters. The van der Waals surface area contributed by atoms with Crippen LogP contribution >= 0.6 is 11.3 Å². The minimum absolute atomic E-state index is 0.00475. The summed E-state index contributed by atoms with van der Waals surface area (Å²) in [5.41, 5.74) is 4.89. The standard InChI is InChI=1S/C15H19N4O2S/c1-3-19-13(6-10(2)17-19)15(20)18-5-4-11-7-12(8-16-21)22-14(11)9-18/h6-7,16,21H,1,3-5,8-9H2,2H3/q+1. The van der Waals surface area contributed by atoms with E-state index >= 15 is 0 Å². The summed E-state index contributed by atoms with van der Waals surface area (Å²) >= 11 is 1.64. The number of aromatic nitrogens is 2. The number of aryl methyl sites for hydroxylation is 1. The lowest BCUT2D eigenvalue weighted by Crippen LogP contribution is -2.36. The molecule has 2 aromatic rings. The topological polar surface area (TPSA) is 70.4 Å². The first-order valence-electron chi connectivity index (χ1n) is 7.22. The lowest BCUT2D eigenvalue weighted by atomic mass is 10.1. The zero-order chi connectivity index (χ0) is 15.7. The molecule has 6 nitrogen and oxygen atoms in total. The number of rotatable bonds is 4. The van der Waals surface area contributed by atoms with Crippen molar-refractivity contribution in [3.63, 3.8) is 0 Å². The number of fused-ring (bicyclic) bond motifs is 1. The molecule has 0 aliphatic carbocycles. The van der Waals surface area contributed by atoms with Crippen molar-refractivity contribution < 1.29 is 10.0 Å². The second-order valence-corrected chi connectivity index (χ2v) is 6.59. The van der Waals surface area contributed by atoms with Gasteiger partial charge in [-0.05, 0) is 31.0 Å². The van der Waals surface area contributed by atoms with Crippen molar-refractivity contribution in [2.45, 2.75) is 33.0 Å². The number of hydrogen-bond acceptors (Lipinski definition) is 5. The average molecular weight is 319 g/mol. The van der Waals surface area contributed by atoms with Gasteiger partial charge in [-0.2, -0.15) is 5.10 Å². The highest BCUT2D eigenvalue weighted by atomic mass is 32.1. The Morgan fingerprint density at radius 2 is 2.36 bits per heavy atom. The van der Waals surface area contributed by atoms with E-state index in [0.29, 0.717) is 31.9 Å². The molecule has 0 saturated heterocycles. The van der Waals surface area contributed by atoms with E-state index in [4.69, 9.17) is 5.21 Å². The van der Waals surface area contributed by atoms with Crippen molar-refractivity contribution >= 4 is 17.2 Å². The summed E-state index contributed by atoms with van der Waals surface area (Å²) < 4.78 is 1.66. The van der Waals surface area contributed by atoms with Gasteiger partial charge in [0.2, 0.25) is 0 Å². The van der Waals surface area contributed by atoms with E-state index in [1.165, 1.54) is 10.4 Å². The van der Waals surface area contributed by atoms with Crippen molar-refractivity contribution in [3.05, 3.63) is 45.8 Å². The third kappa shape index (κ3) is 2.75. The molecule has 22 heavy (non-hydrogen) atoms. The lowest BCUT2D eigenvalue weighted by molar-refractivity contribution is 0.0725. The number of hydroxylamine groups is 1. The molecule has 3 heterocycles. The first kappa shape index (κ1) is 15.1. The highest BCUT2D eigenvalue weighted by Gasteiger charge is 2.26. The summed E-state index contributed by atoms with van der Waals surface area (Å²) in [6.07, 6.45) is 0.848. The molecular formula is C15H19N4O2S+. The largest absolute Gasteiger partial charge is 0.332 e. The molecule has 7 heteroatoms. The van der Waals surface area contributed by atoms with Crippen LogP contribution in [0.15, 0.2) is 12.1 Å². The average Bonchev–Trinajstić information content (AvgIpc) is 3.08. The van der Waals surface area contributed by atoms with Gasteiger partial charge in [0, 0.05) is 16.3 Å². The van der Waals surface area contributed by atoms with Crippen molar-refractivity contribution in [2.24, 2.45) is 0 Å². The summed E-state index contributed by atoms with van der Waals surface area (Å²) in [5.74, 6) is 0.00475. The molecule has 3 rings (SSSR count). The Morgan fingerprint density at radius 3 is 3.09 bits per heavy atom.